The Hall–Kier alpha value is -0.770. The van der Waals surface area contributed by atoms with Gasteiger partial charge in [0, 0.05) is 19.3 Å². The highest BCUT2D eigenvalue weighted by molar-refractivity contribution is 7.80. The lowest BCUT2D eigenvalue weighted by atomic mass is 9.78. The number of carbonyl (C=O) groups excluding carboxylic acids is 2. The lowest BCUT2D eigenvalue weighted by molar-refractivity contribution is -0.126. The van der Waals surface area contributed by atoms with Gasteiger partial charge in [0.1, 0.15) is 5.76 Å². The Morgan fingerprint density at radius 3 is 2.28 bits per heavy atom. The van der Waals surface area contributed by atoms with Crippen LogP contribution in [-0.2, 0) is 9.59 Å². The van der Waals surface area contributed by atoms with Crippen molar-refractivity contribution >= 4 is 24.2 Å². The molecule has 1 atom stereocenters. The number of hydrogen-bond donors (Lipinski definition) is 2. The van der Waals surface area contributed by atoms with Crippen molar-refractivity contribution in [2.75, 3.05) is 5.75 Å². The van der Waals surface area contributed by atoms with E-state index in [0.29, 0.717) is 25.2 Å². The van der Waals surface area contributed by atoms with Crippen LogP contribution in [0.5, 0.6) is 0 Å². The van der Waals surface area contributed by atoms with Crippen LogP contribution in [0.3, 0.4) is 0 Å². The van der Waals surface area contributed by atoms with Crippen LogP contribution in [0.2, 0.25) is 0 Å². The molecule has 0 saturated heterocycles. The van der Waals surface area contributed by atoms with Crippen LogP contribution in [0.25, 0.3) is 0 Å². The minimum atomic E-state index is -0.190. The summed E-state index contributed by atoms with van der Waals surface area (Å²) in [4.78, 5) is 23.8. The monoisotopic (exact) mass is 270 g/mol. The largest absolute Gasteiger partial charge is 0.511 e. The van der Waals surface area contributed by atoms with Crippen LogP contribution >= 0.6 is 12.6 Å². The average Bonchev–Trinajstić information content (AvgIpc) is 2.34. The Labute approximate surface area is 114 Å². The van der Waals surface area contributed by atoms with Gasteiger partial charge in [-0.1, -0.05) is 20.3 Å². The smallest absolute Gasteiger partial charge is 0.170 e. The van der Waals surface area contributed by atoms with E-state index in [9.17, 15) is 14.7 Å². The molecule has 0 aromatic rings. The van der Waals surface area contributed by atoms with Crippen LogP contribution in [-0.4, -0.2) is 22.4 Å². The fourth-order valence-electron chi connectivity index (χ4n) is 2.46. The highest BCUT2D eigenvalue weighted by Gasteiger charge is 2.33. The van der Waals surface area contributed by atoms with Gasteiger partial charge >= 0.3 is 0 Å². The number of carbonyl (C=O) groups is 2. The first-order chi connectivity index (χ1) is 8.53. The fourth-order valence-corrected chi connectivity index (χ4v) is 2.87. The van der Waals surface area contributed by atoms with Gasteiger partial charge in [-0.3, -0.25) is 9.59 Å². The molecule has 102 valence electrons. The summed E-state index contributed by atoms with van der Waals surface area (Å²) in [7, 11) is 0. The number of Topliss-reactive ketones (excluding diaryl/α,β-unsaturated/α-hetero) is 2. The summed E-state index contributed by atoms with van der Waals surface area (Å²) in [6.45, 7) is 3.84. The van der Waals surface area contributed by atoms with Crippen molar-refractivity contribution < 1.29 is 14.7 Å². The van der Waals surface area contributed by atoms with Crippen molar-refractivity contribution in [2.45, 2.75) is 46.0 Å². The van der Waals surface area contributed by atoms with Crippen LogP contribution < -0.4 is 0 Å². The lowest BCUT2D eigenvalue weighted by Crippen LogP contribution is -2.28. The van der Waals surface area contributed by atoms with Crippen molar-refractivity contribution in [3.05, 3.63) is 11.3 Å². The molecule has 0 aliphatic heterocycles. The number of aliphatic hydroxyl groups excluding tert-OH is 1. The lowest BCUT2D eigenvalue weighted by Gasteiger charge is -2.25. The first-order valence-corrected chi connectivity index (χ1v) is 7.25. The Morgan fingerprint density at radius 1 is 1.33 bits per heavy atom. The topological polar surface area (TPSA) is 54.4 Å². The molecule has 0 heterocycles. The van der Waals surface area contributed by atoms with Crippen molar-refractivity contribution in [3.8, 4) is 0 Å². The van der Waals surface area contributed by atoms with Crippen molar-refractivity contribution in [1.29, 1.82) is 0 Å². The van der Waals surface area contributed by atoms with Crippen LogP contribution in [0, 0.1) is 11.8 Å². The zero-order valence-electron chi connectivity index (χ0n) is 11.1. The molecule has 18 heavy (non-hydrogen) atoms. The molecular formula is C14H22O3S. The van der Waals surface area contributed by atoms with Crippen LogP contribution in [0.4, 0.5) is 0 Å². The van der Waals surface area contributed by atoms with Gasteiger partial charge in [-0.2, -0.15) is 12.6 Å². The van der Waals surface area contributed by atoms with Crippen LogP contribution in [0.1, 0.15) is 46.0 Å². The van der Waals surface area contributed by atoms with E-state index in [2.05, 4.69) is 19.6 Å². The molecule has 1 rings (SSSR count). The third kappa shape index (κ3) is 3.61. The van der Waals surface area contributed by atoms with Gasteiger partial charge < -0.3 is 5.11 Å². The molecule has 1 unspecified atom stereocenters. The first-order valence-electron chi connectivity index (χ1n) is 6.62. The molecule has 1 saturated carbocycles. The minimum Gasteiger partial charge on any atom is -0.511 e. The normalized spacial score (nSPS) is 22.2. The number of allylic oxidation sites excluding steroid dienone is 2. The maximum atomic E-state index is 11.9. The molecule has 1 fully saturated rings. The predicted molar refractivity (Wildman–Crippen MR) is 74.9 cm³/mol. The summed E-state index contributed by atoms with van der Waals surface area (Å²) in [5, 5.41) is 9.61. The Morgan fingerprint density at radius 2 is 1.89 bits per heavy atom. The van der Waals surface area contributed by atoms with Crippen LogP contribution in [0.15, 0.2) is 11.3 Å². The molecule has 1 aliphatic carbocycles. The van der Waals surface area contributed by atoms with Gasteiger partial charge in [-0.15, -0.1) is 0 Å². The minimum absolute atomic E-state index is 0.0488. The summed E-state index contributed by atoms with van der Waals surface area (Å²) >= 11 is 4.29. The number of ketones is 2. The standard InChI is InChI=1S/C14H22O3S/c1-3-9(8-18)5-10-6-12(16)14(11(15)4-2)13(17)7-10/h9-10,15,18H,3-8H2,1-2H3. The Bertz CT molecular complexity index is 336. The third-order valence-corrected chi connectivity index (χ3v) is 4.15. The molecule has 3 nitrogen and oxygen atoms in total. The molecule has 1 aliphatic rings. The van der Waals surface area contributed by atoms with E-state index < -0.39 is 0 Å². The van der Waals surface area contributed by atoms with E-state index in [1.807, 2.05) is 0 Å². The molecular weight excluding hydrogens is 248 g/mol. The maximum Gasteiger partial charge on any atom is 0.170 e. The van der Waals surface area contributed by atoms with Gasteiger partial charge in [0.15, 0.2) is 11.6 Å². The van der Waals surface area contributed by atoms with E-state index >= 15 is 0 Å². The summed E-state index contributed by atoms with van der Waals surface area (Å²) in [5.41, 5.74) is 0.0488. The second kappa shape index (κ2) is 6.98. The summed E-state index contributed by atoms with van der Waals surface area (Å²) in [6, 6.07) is 0. The highest BCUT2D eigenvalue weighted by Crippen LogP contribution is 2.30. The maximum absolute atomic E-state index is 11.9. The van der Waals surface area contributed by atoms with Gasteiger partial charge in [0.25, 0.3) is 0 Å². The van der Waals surface area contributed by atoms with E-state index in [4.69, 9.17) is 0 Å². The van der Waals surface area contributed by atoms with Crippen molar-refractivity contribution in [2.24, 2.45) is 11.8 Å². The van der Waals surface area contributed by atoms with Crippen molar-refractivity contribution in [3.63, 3.8) is 0 Å². The number of rotatable bonds is 5. The number of hydrogen-bond acceptors (Lipinski definition) is 4. The van der Waals surface area contributed by atoms with Gasteiger partial charge in [-0.05, 0) is 24.0 Å². The zero-order valence-corrected chi connectivity index (χ0v) is 12.0. The molecule has 4 heteroatoms. The quantitative estimate of drug-likeness (QED) is 0.349. The molecule has 0 aromatic heterocycles. The van der Waals surface area contributed by atoms with Gasteiger partial charge in [0.05, 0.1) is 5.57 Å². The molecule has 0 amide bonds. The third-order valence-electron chi connectivity index (χ3n) is 3.63. The molecule has 0 bridgehead atoms. The SMILES string of the molecule is CCC(O)=C1C(=O)CC(CC(CC)CS)CC1=O. The number of thiol groups is 1. The van der Waals surface area contributed by atoms with E-state index in [1.54, 1.807) is 6.92 Å². The molecule has 0 radical (unpaired) electrons. The second-order valence-electron chi connectivity index (χ2n) is 4.99. The molecule has 0 spiro atoms. The highest BCUT2D eigenvalue weighted by atomic mass is 32.1. The molecule has 1 N–H and O–H groups in total. The van der Waals surface area contributed by atoms with E-state index in [-0.39, 0.29) is 28.8 Å². The summed E-state index contributed by atoms with van der Waals surface area (Å²) in [6.07, 6.45) is 3.00. The average molecular weight is 270 g/mol. The predicted octanol–water partition coefficient (Wildman–Crippen LogP) is 3.10. The first kappa shape index (κ1) is 15.3. The van der Waals surface area contributed by atoms with E-state index in [0.717, 1.165) is 18.6 Å². The van der Waals surface area contributed by atoms with E-state index in [1.165, 1.54) is 0 Å². The summed E-state index contributed by atoms with van der Waals surface area (Å²) < 4.78 is 0. The number of aliphatic hydroxyl groups is 1. The Balaban J connectivity index is 2.74. The van der Waals surface area contributed by atoms with Gasteiger partial charge in [-0.25, -0.2) is 0 Å². The fraction of sp³-hybridized carbons (Fsp3) is 0.714. The van der Waals surface area contributed by atoms with Gasteiger partial charge in [0.2, 0.25) is 0 Å². The summed E-state index contributed by atoms with van der Waals surface area (Å²) in [5.74, 6) is 0.942. The second-order valence-corrected chi connectivity index (χ2v) is 5.35. The van der Waals surface area contributed by atoms with Crippen molar-refractivity contribution in [1.82, 2.24) is 0 Å². The molecule has 0 aromatic carbocycles. The Kier molecular flexibility index (Phi) is 5.93. The zero-order chi connectivity index (χ0) is 13.7.